The average molecular weight is 654 g/mol. The van der Waals surface area contributed by atoms with Gasteiger partial charge in [0.05, 0.1) is 13.2 Å². The fourth-order valence-corrected chi connectivity index (χ4v) is 5.75. The minimum Gasteiger partial charge on any atom is -0.494 e. The van der Waals surface area contributed by atoms with Gasteiger partial charge in [-0.15, -0.1) is 17.0 Å². The third kappa shape index (κ3) is 13.0. The van der Waals surface area contributed by atoms with Gasteiger partial charge >= 0.3 is 0 Å². The number of hydrogen-bond donors (Lipinski definition) is 0. The first-order chi connectivity index (χ1) is 20.4. The number of rotatable bonds is 20. The maximum absolute atomic E-state index is 13.0. The van der Waals surface area contributed by atoms with Crippen LogP contribution in [0.15, 0.2) is 65.2 Å². The average Bonchev–Trinajstić information content (AvgIpc) is 3.00. The van der Waals surface area contributed by atoms with E-state index in [4.69, 9.17) is 4.74 Å². The van der Waals surface area contributed by atoms with Crippen molar-refractivity contribution in [1.29, 1.82) is 0 Å². The van der Waals surface area contributed by atoms with Crippen molar-refractivity contribution >= 4 is 34.8 Å². The molecule has 238 valence electrons. The molecule has 2 aromatic rings. The molecule has 0 aliphatic carbocycles. The van der Waals surface area contributed by atoms with Gasteiger partial charge in [-0.2, -0.15) is 0 Å². The van der Waals surface area contributed by atoms with Crippen LogP contribution in [0.2, 0.25) is 0 Å². The van der Waals surface area contributed by atoms with Crippen molar-refractivity contribution in [3.8, 4) is 5.75 Å². The molecule has 4 nitrogen and oxygen atoms in total. The number of nitrogens with zero attached hydrogens (tertiary/aromatic N) is 2. The van der Waals surface area contributed by atoms with Crippen LogP contribution in [-0.2, 0) is 17.8 Å². The van der Waals surface area contributed by atoms with E-state index in [2.05, 4.69) is 62.2 Å². The zero-order chi connectivity index (χ0) is 30.0. The zero-order valence-electron chi connectivity index (χ0n) is 27.4. The maximum Gasteiger partial charge on any atom is 0.227 e. The van der Waals surface area contributed by atoms with Crippen LogP contribution in [0.1, 0.15) is 122 Å². The van der Waals surface area contributed by atoms with Gasteiger partial charge in [-0.25, -0.2) is 0 Å². The van der Waals surface area contributed by atoms with Crippen LogP contribution in [0.25, 0.3) is 0 Å². The summed E-state index contributed by atoms with van der Waals surface area (Å²) in [6.45, 7) is 10.8. The molecule has 1 aliphatic heterocycles. The highest BCUT2D eigenvalue weighted by molar-refractivity contribution is 8.93. The van der Waals surface area contributed by atoms with Crippen molar-refractivity contribution in [2.24, 2.45) is 10.4 Å². The predicted octanol–water partition coefficient (Wildman–Crippen LogP) is 10.9. The van der Waals surface area contributed by atoms with Crippen LogP contribution >= 0.6 is 17.0 Å². The molecule has 43 heavy (non-hydrogen) atoms. The molecular formula is C38H57BrN2O2. The van der Waals surface area contributed by atoms with Crippen LogP contribution in [0.4, 0.5) is 5.69 Å². The normalized spacial score (nSPS) is 16.0. The third-order valence-electron chi connectivity index (χ3n) is 8.77. The smallest absolute Gasteiger partial charge is 0.227 e. The van der Waals surface area contributed by atoms with Crippen molar-refractivity contribution in [1.82, 2.24) is 0 Å². The number of dihydropyridines is 1. The zero-order valence-corrected chi connectivity index (χ0v) is 29.1. The molecule has 1 amide bonds. The summed E-state index contributed by atoms with van der Waals surface area (Å²) in [6.07, 6.45) is 21.6. The number of benzene rings is 2. The lowest BCUT2D eigenvalue weighted by Gasteiger charge is -2.31. The fourth-order valence-electron chi connectivity index (χ4n) is 5.75. The third-order valence-corrected chi connectivity index (χ3v) is 8.77. The number of halogens is 1. The van der Waals surface area contributed by atoms with Crippen molar-refractivity contribution < 1.29 is 9.53 Å². The van der Waals surface area contributed by atoms with Crippen molar-refractivity contribution in [3.05, 3.63) is 71.3 Å². The lowest BCUT2D eigenvalue weighted by molar-refractivity contribution is -0.118. The molecule has 3 rings (SSSR count). The summed E-state index contributed by atoms with van der Waals surface area (Å²) in [5.41, 5.74) is 4.65. The molecule has 1 unspecified atom stereocenters. The highest BCUT2D eigenvalue weighted by Crippen LogP contribution is 2.34. The maximum atomic E-state index is 13.0. The van der Waals surface area contributed by atoms with E-state index in [-0.39, 0.29) is 28.3 Å². The molecule has 0 fully saturated rings. The Hall–Kier alpha value is -2.40. The molecule has 0 aromatic heterocycles. The highest BCUT2D eigenvalue weighted by atomic mass is 79.9. The molecule has 1 heterocycles. The number of amides is 1. The first-order valence-corrected chi connectivity index (χ1v) is 16.7. The summed E-state index contributed by atoms with van der Waals surface area (Å²) in [7, 11) is 0. The first kappa shape index (κ1) is 36.8. The molecule has 0 radical (unpaired) electrons. The SMILES string of the molecule is Br.CCCCCCCCCCCCCCOc1ccc(CN(C(=O)CC)c2cccc(CC3(C)CN=CC=C3C)c2)cc1. The second-order valence-electron chi connectivity index (χ2n) is 12.5. The molecule has 0 saturated carbocycles. The Morgan fingerprint density at radius 2 is 1.49 bits per heavy atom. The van der Waals surface area contributed by atoms with Crippen molar-refractivity contribution in [2.45, 2.75) is 124 Å². The standard InChI is InChI=1S/C38H56N2O2.BrH/c1-5-7-8-9-10-11-12-13-14-15-16-17-27-42-36-23-21-33(22-24-36)30-40(37(41)6-2)35-20-18-19-34(28-35)29-38(4)31-39-26-25-32(38)3;/h18-26,28H,5-17,27,29-31H2,1-4H3;1H. The van der Waals surface area contributed by atoms with Crippen molar-refractivity contribution in [3.63, 3.8) is 0 Å². The summed E-state index contributed by atoms with van der Waals surface area (Å²) in [4.78, 5) is 19.5. The van der Waals surface area contributed by atoms with Crippen LogP contribution in [0.5, 0.6) is 5.75 Å². The van der Waals surface area contributed by atoms with Gasteiger partial charge in [0.1, 0.15) is 5.75 Å². The minimum absolute atomic E-state index is 0. The summed E-state index contributed by atoms with van der Waals surface area (Å²) >= 11 is 0. The number of carbonyl (C=O) groups is 1. The Bertz CT molecular complexity index is 1130. The predicted molar refractivity (Wildman–Crippen MR) is 190 cm³/mol. The summed E-state index contributed by atoms with van der Waals surface area (Å²) < 4.78 is 6.02. The molecular weight excluding hydrogens is 596 g/mol. The topological polar surface area (TPSA) is 41.9 Å². The number of aliphatic imine (C=N–C) groups is 1. The van der Waals surface area contributed by atoms with E-state index >= 15 is 0 Å². The van der Waals surface area contributed by atoms with Crippen LogP contribution in [-0.4, -0.2) is 25.3 Å². The van der Waals surface area contributed by atoms with E-state index in [0.717, 1.165) is 43.0 Å². The van der Waals surface area contributed by atoms with Gasteiger partial charge in [-0.1, -0.05) is 121 Å². The summed E-state index contributed by atoms with van der Waals surface area (Å²) in [5.74, 6) is 1.04. The van der Waals surface area contributed by atoms with E-state index in [1.165, 1.54) is 81.8 Å². The van der Waals surface area contributed by atoms with E-state index in [1.54, 1.807) is 0 Å². The van der Waals surface area contributed by atoms with Crippen LogP contribution in [0, 0.1) is 5.41 Å². The van der Waals surface area contributed by atoms with Gasteiger partial charge in [0.2, 0.25) is 5.91 Å². The Morgan fingerprint density at radius 1 is 0.860 bits per heavy atom. The van der Waals surface area contributed by atoms with Gasteiger partial charge in [-0.05, 0) is 61.2 Å². The Balaban J connectivity index is 0.00000645. The number of anilines is 1. The molecule has 0 bridgehead atoms. The quantitative estimate of drug-likeness (QED) is 0.133. The fraction of sp³-hybridized carbons (Fsp3) is 0.579. The van der Waals surface area contributed by atoms with Gasteiger partial charge < -0.3 is 9.64 Å². The lowest BCUT2D eigenvalue weighted by atomic mass is 9.76. The summed E-state index contributed by atoms with van der Waals surface area (Å²) in [6, 6.07) is 16.7. The molecule has 0 spiro atoms. The van der Waals surface area contributed by atoms with Crippen molar-refractivity contribution in [2.75, 3.05) is 18.1 Å². The lowest BCUT2D eigenvalue weighted by Crippen LogP contribution is -2.30. The molecule has 0 N–H and O–H groups in total. The number of unbranched alkanes of at least 4 members (excludes halogenated alkanes) is 11. The Labute approximate surface area is 273 Å². The molecule has 1 atom stereocenters. The van der Waals surface area contributed by atoms with Gasteiger partial charge in [0, 0.05) is 30.3 Å². The van der Waals surface area contributed by atoms with E-state index in [9.17, 15) is 4.79 Å². The molecule has 0 saturated heterocycles. The van der Waals surface area contributed by atoms with E-state index < -0.39 is 0 Å². The molecule has 5 heteroatoms. The monoisotopic (exact) mass is 652 g/mol. The number of allylic oxidation sites excluding steroid dienone is 1. The second kappa shape index (κ2) is 20.5. The van der Waals surface area contributed by atoms with Gasteiger partial charge in [0.25, 0.3) is 0 Å². The second-order valence-corrected chi connectivity index (χ2v) is 12.5. The first-order valence-electron chi connectivity index (χ1n) is 16.7. The van der Waals surface area contributed by atoms with Crippen LogP contribution < -0.4 is 9.64 Å². The number of carbonyl (C=O) groups excluding carboxylic acids is 1. The minimum atomic E-state index is 0. The summed E-state index contributed by atoms with van der Waals surface area (Å²) in [5, 5.41) is 0. The largest absolute Gasteiger partial charge is 0.494 e. The van der Waals surface area contributed by atoms with E-state index in [1.807, 2.05) is 36.2 Å². The molecule has 1 aliphatic rings. The Morgan fingerprint density at radius 3 is 2.09 bits per heavy atom. The van der Waals surface area contributed by atoms with Crippen LogP contribution in [0.3, 0.4) is 0 Å². The number of hydrogen-bond acceptors (Lipinski definition) is 3. The molecule has 2 aromatic carbocycles. The Kier molecular flexibility index (Phi) is 17.6. The number of ether oxygens (including phenoxy) is 1. The highest BCUT2D eigenvalue weighted by Gasteiger charge is 2.28. The van der Waals surface area contributed by atoms with Gasteiger partial charge in [-0.3, -0.25) is 9.79 Å². The van der Waals surface area contributed by atoms with Gasteiger partial charge in [0.15, 0.2) is 0 Å². The van der Waals surface area contributed by atoms with E-state index in [0.29, 0.717) is 13.0 Å².